The molecule has 0 radical (unpaired) electrons. The van der Waals surface area contributed by atoms with E-state index < -0.39 is 0 Å². The number of aromatic amines is 1. The number of fused-ring (bicyclic) bond motifs is 1. The summed E-state index contributed by atoms with van der Waals surface area (Å²) in [6.45, 7) is 1.90. The van der Waals surface area contributed by atoms with E-state index in [0.29, 0.717) is 11.4 Å². The van der Waals surface area contributed by atoms with Gasteiger partial charge in [0, 0.05) is 17.3 Å². The fourth-order valence-corrected chi connectivity index (χ4v) is 2.55. The second-order valence-electron chi connectivity index (χ2n) is 5.08. The molecule has 0 spiro atoms. The molecule has 0 unspecified atom stereocenters. The lowest BCUT2D eigenvalue weighted by molar-refractivity contribution is 0.102. The molecule has 0 aliphatic heterocycles. The Labute approximate surface area is 112 Å². The Bertz CT molecular complexity index is 616. The molecule has 1 aliphatic carbocycles. The average Bonchev–Trinajstić information content (AvgIpc) is 2.83. The Hall–Kier alpha value is -2.10. The molecule has 4 heteroatoms. The van der Waals surface area contributed by atoms with Gasteiger partial charge in [-0.15, -0.1) is 0 Å². The number of benzene rings is 1. The quantitative estimate of drug-likeness (QED) is 0.867. The SMILES string of the molecule is Cc1cc(NC(=O)c2ccc3c(c2)CCCC3)n[nH]1. The van der Waals surface area contributed by atoms with E-state index in [9.17, 15) is 4.79 Å². The van der Waals surface area contributed by atoms with Gasteiger partial charge in [0.15, 0.2) is 5.82 Å². The van der Waals surface area contributed by atoms with Crippen molar-refractivity contribution in [3.63, 3.8) is 0 Å². The number of anilines is 1. The van der Waals surface area contributed by atoms with Crippen LogP contribution in [0, 0.1) is 6.92 Å². The van der Waals surface area contributed by atoms with Crippen LogP contribution in [0.5, 0.6) is 0 Å². The minimum Gasteiger partial charge on any atom is -0.305 e. The van der Waals surface area contributed by atoms with Crippen LogP contribution >= 0.6 is 0 Å². The predicted octanol–water partition coefficient (Wildman–Crippen LogP) is 2.85. The topological polar surface area (TPSA) is 57.8 Å². The molecule has 1 aliphatic rings. The molecule has 0 saturated carbocycles. The van der Waals surface area contributed by atoms with Crippen molar-refractivity contribution in [1.82, 2.24) is 10.2 Å². The smallest absolute Gasteiger partial charge is 0.256 e. The number of carbonyl (C=O) groups excluding carboxylic acids is 1. The van der Waals surface area contributed by atoms with Crippen LogP contribution in [0.2, 0.25) is 0 Å². The first-order chi connectivity index (χ1) is 9.22. The van der Waals surface area contributed by atoms with Gasteiger partial charge in [-0.25, -0.2) is 0 Å². The normalized spacial score (nSPS) is 13.9. The lowest BCUT2D eigenvalue weighted by atomic mass is 9.90. The summed E-state index contributed by atoms with van der Waals surface area (Å²) >= 11 is 0. The summed E-state index contributed by atoms with van der Waals surface area (Å²) in [5.41, 5.74) is 4.34. The molecule has 1 amide bonds. The first kappa shape index (κ1) is 12.0. The van der Waals surface area contributed by atoms with Gasteiger partial charge in [0.25, 0.3) is 5.91 Å². The Morgan fingerprint density at radius 1 is 1.21 bits per heavy atom. The molecule has 19 heavy (non-hydrogen) atoms. The van der Waals surface area contributed by atoms with Crippen LogP contribution in [0.25, 0.3) is 0 Å². The molecule has 4 nitrogen and oxygen atoms in total. The number of amides is 1. The van der Waals surface area contributed by atoms with Crippen LogP contribution in [0.1, 0.15) is 40.0 Å². The Morgan fingerprint density at radius 2 is 2.00 bits per heavy atom. The first-order valence-corrected chi connectivity index (χ1v) is 6.67. The van der Waals surface area contributed by atoms with Crippen LogP contribution in [-0.2, 0) is 12.8 Å². The third-order valence-electron chi connectivity index (χ3n) is 3.56. The Kier molecular flexibility index (Phi) is 3.07. The monoisotopic (exact) mass is 255 g/mol. The molecule has 2 aromatic rings. The molecule has 0 bridgehead atoms. The fraction of sp³-hybridized carbons (Fsp3) is 0.333. The van der Waals surface area contributed by atoms with Crippen LogP contribution in [0.3, 0.4) is 0 Å². The van der Waals surface area contributed by atoms with Crippen LogP contribution in [0.4, 0.5) is 5.82 Å². The summed E-state index contributed by atoms with van der Waals surface area (Å²) < 4.78 is 0. The van der Waals surface area contributed by atoms with Crippen molar-refractivity contribution in [2.24, 2.45) is 0 Å². The molecular weight excluding hydrogens is 238 g/mol. The van der Waals surface area contributed by atoms with Gasteiger partial charge in [-0.1, -0.05) is 6.07 Å². The highest BCUT2D eigenvalue weighted by Crippen LogP contribution is 2.22. The highest BCUT2D eigenvalue weighted by molar-refractivity contribution is 6.03. The van der Waals surface area contributed by atoms with E-state index in [1.165, 1.54) is 24.0 Å². The van der Waals surface area contributed by atoms with Gasteiger partial charge < -0.3 is 5.32 Å². The van der Waals surface area contributed by atoms with E-state index in [0.717, 1.165) is 18.5 Å². The van der Waals surface area contributed by atoms with Crippen molar-refractivity contribution in [1.29, 1.82) is 0 Å². The zero-order valence-electron chi connectivity index (χ0n) is 11.0. The van der Waals surface area contributed by atoms with E-state index in [-0.39, 0.29) is 5.91 Å². The average molecular weight is 255 g/mol. The lowest BCUT2D eigenvalue weighted by Gasteiger charge is -2.16. The zero-order chi connectivity index (χ0) is 13.2. The third kappa shape index (κ3) is 2.52. The van der Waals surface area contributed by atoms with Crippen molar-refractivity contribution in [2.45, 2.75) is 32.6 Å². The maximum absolute atomic E-state index is 12.1. The maximum atomic E-state index is 12.1. The summed E-state index contributed by atoms with van der Waals surface area (Å²) in [4.78, 5) is 12.1. The van der Waals surface area contributed by atoms with Crippen molar-refractivity contribution >= 4 is 11.7 Å². The number of rotatable bonds is 2. The minimum absolute atomic E-state index is 0.0973. The van der Waals surface area contributed by atoms with E-state index >= 15 is 0 Å². The molecule has 98 valence electrons. The Balaban J connectivity index is 1.80. The van der Waals surface area contributed by atoms with Crippen LogP contribution in [0.15, 0.2) is 24.3 Å². The van der Waals surface area contributed by atoms with Crippen molar-refractivity contribution < 1.29 is 4.79 Å². The van der Waals surface area contributed by atoms with Crippen molar-refractivity contribution in [3.8, 4) is 0 Å². The minimum atomic E-state index is -0.0973. The lowest BCUT2D eigenvalue weighted by Crippen LogP contribution is -2.13. The van der Waals surface area contributed by atoms with Gasteiger partial charge in [0.2, 0.25) is 0 Å². The van der Waals surface area contributed by atoms with E-state index in [1.54, 1.807) is 0 Å². The summed E-state index contributed by atoms with van der Waals surface area (Å²) in [6.07, 6.45) is 4.69. The number of H-pyrrole nitrogens is 1. The van der Waals surface area contributed by atoms with Gasteiger partial charge in [0.1, 0.15) is 0 Å². The number of aryl methyl sites for hydroxylation is 3. The fourth-order valence-electron chi connectivity index (χ4n) is 2.55. The molecule has 0 saturated heterocycles. The molecule has 3 rings (SSSR count). The summed E-state index contributed by atoms with van der Waals surface area (Å²) in [6, 6.07) is 7.82. The van der Waals surface area contributed by atoms with E-state index in [4.69, 9.17) is 0 Å². The second kappa shape index (κ2) is 4.88. The van der Waals surface area contributed by atoms with Gasteiger partial charge in [-0.05, 0) is 55.9 Å². The summed E-state index contributed by atoms with van der Waals surface area (Å²) in [7, 11) is 0. The summed E-state index contributed by atoms with van der Waals surface area (Å²) in [5, 5.41) is 9.63. The highest BCUT2D eigenvalue weighted by Gasteiger charge is 2.13. The zero-order valence-corrected chi connectivity index (χ0v) is 11.0. The van der Waals surface area contributed by atoms with Gasteiger partial charge in [0.05, 0.1) is 0 Å². The van der Waals surface area contributed by atoms with Crippen LogP contribution < -0.4 is 5.32 Å². The van der Waals surface area contributed by atoms with E-state index in [1.807, 2.05) is 25.1 Å². The summed E-state index contributed by atoms with van der Waals surface area (Å²) in [5.74, 6) is 0.472. The molecular formula is C15H17N3O. The number of hydrogen-bond acceptors (Lipinski definition) is 2. The molecule has 2 N–H and O–H groups in total. The largest absolute Gasteiger partial charge is 0.305 e. The van der Waals surface area contributed by atoms with Crippen molar-refractivity contribution in [2.75, 3.05) is 5.32 Å². The third-order valence-corrected chi connectivity index (χ3v) is 3.56. The number of aromatic nitrogens is 2. The van der Waals surface area contributed by atoms with Gasteiger partial charge >= 0.3 is 0 Å². The first-order valence-electron chi connectivity index (χ1n) is 6.67. The molecule has 1 aromatic heterocycles. The number of carbonyl (C=O) groups is 1. The van der Waals surface area contributed by atoms with Crippen molar-refractivity contribution in [3.05, 3.63) is 46.6 Å². The Morgan fingerprint density at radius 3 is 2.74 bits per heavy atom. The maximum Gasteiger partial charge on any atom is 0.256 e. The second-order valence-corrected chi connectivity index (χ2v) is 5.08. The number of nitrogens with one attached hydrogen (secondary N) is 2. The molecule has 1 aromatic carbocycles. The highest BCUT2D eigenvalue weighted by atomic mass is 16.1. The van der Waals surface area contributed by atoms with Crippen LogP contribution in [-0.4, -0.2) is 16.1 Å². The molecule has 1 heterocycles. The van der Waals surface area contributed by atoms with E-state index in [2.05, 4.69) is 21.6 Å². The standard InChI is InChI=1S/C15H17N3O/c1-10-8-14(18-17-10)16-15(19)13-7-6-11-4-2-3-5-12(11)9-13/h6-9H,2-5H2,1H3,(H2,16,17,18,19). The number of hydrogen-bond donors (Lipinski definition) is 2. The number of nitrogens with zero attached hydrogens (tertiary/aromatic N) is 1. The van der Waals surface area contributed by atoms with Gasteiger partial charge in [-0.2, -0.15) is 5.10 Å². The molecule has 0 atom stereocenters. The van der Waals surface area contributed by atoms with Gasteiger partial charge in [-0.3, -0.25) is 9.89 Å². The molecule has 0 fully saturated rings. The predicted molar refractivity (Wildman–Crippen MR) is 74.4 cm³/mol.